The van der Waals surface area contributed by atoms with Gasteiger partial charge in [-0.3, -0.25) is 0 Å². The highest BCUT2D eigenvalue weighted by atomic mass is 15.4. The molecule has 1 aromatic carbocycles. The minimum atomic E-state index is 1.09. The van der Waals surface area contributed by atoms with Crippen molar-refractivity contribution >= 4 is 5.71 Å². The fourth-order valence-corrected chi connectivity index (χ4v) is 2.11. The molecule has 2 heteroatoms. The SMILES string of the molecule is C/C(=N\N(C)C)c1c(C)c(C)cc(C)c1C. The van der Waals surface area contributed by atoms with E-state index in [1.54, 1.807) is 0 Å². The summed E-state index contributed by atoms with van der Waals surface area (Å²) < 4.78 is 0. The van der Waals surface area contributed by atoms with Gasteiger partial charge in [-0.15, -0.1) is 0 Å². The zero-order chi connectivity index (χ0) is 12.5. The average Bonchev–Trinajstić information content (AvgIpc) is 2.14. The van der Waals surface area contributed by atoms with E-state index in [2.05, 4.69) is 45.8 Å². The van der Waals surface area contributed by atoms with Crippen molar-refractivity contribution in [2.24, 2.45) is 5.10 Å². The van der Waals surface area contributed by atoms with Gasteiger partial charge in [-0.2, -0.15) is 5.10 Å². The first-order chi connectivity index (χ1) is 7.34. The van der Waals surface area contributed by atoms with E-state index < -0.39 is 0 Å². The molecule has 0 radical (unpaired) electrons. The molecule has 0 unspecified atom stereocenters. The molecule has 0 atom stereocenters. The van der Waals surface area contributed by atoms with Crippen LogP contribution in [0, 0.1) is 27.7 Å². The van der Waals surface area contributed by atoms with Crippen LogP contribution < -0.4 is 0 Å². The topological polar surface area (TPSA) is 15.6 Å². The van der Waals surface area contributed by atoms with E-state index in [4.69, 9.17) is 0 Å². The number of aryl methyl sites for hydroxylation is 2. The van der Waals surface area contributed by atoms with Crippen molar-refractivity contribution in [2.75, 3.05) is 14.1 Å². The fraction of sp³-hybridized carbons (Fsp3) is 0.500. The van der Waals surface area contributed by atoms with Crippen LogP contribution in [0.15, 0.2) is 11.2 Å². The van der Waals surface area contributed by atoms with E-state index in [9.17, 15) is 0 Å². The van der Waals surface area contributed by atoms with Crippen molar-refractivity contribution in [3.8, 4) is 0 Å². The largest absolute Gasteiger partial charge is 0.303 e. The molecule has 0 aliphatic heterocycles. The Hall–Kier alpha value is -1.31. The maximum atomic E-state index is 4.50. The summed E-state index contributed by atoms with van der Waals surface area (Å²) in [5.41, 5.74) is 7.74. The summed E-state index contributed by atoms with van der Waals surface area (Å²) in [5.74, 6) is 0. The zero-order valence-corrected chi connectivity index (χ0v) is 11.5. The highest BCUT2D eigenvalue weighted by Gasteiger charge is 2.11. The second-order valence-corrected chi connectivity index (χ2v) is 4.67. The lowest BCUT2D eigenvalue weighted by molar-refractivity contribution is 0.437. The van der Waals surface area contributed by atoms with Gasteiger partial charge in [-0.25, -0.2) is 0 Å². The Balaban J connectivity index is 3.43. The first-order valence-electron chi connectivity index (χ1n) is 5.65. The highest BCUT2D eigenvalue weighted by molar-refractivity contribution is 6.01. The number of nitrogens with zero attached hydrogens (tertiary/aromatic N) is 2. The molecule has 0 spiro atoms. The quantitative estimate of drug-likeness (QED) is 0.550. The third kappa shape index (κ3) is 2.43. The molecule has 2 nitrogen and oxygen atoms in total. The normalized spacial score (nSPS) is 11.8. The molecule has 0 fully saturated rings. The van der Waals surface area contributed by atoms with Gasteiger partial charge in [0.15, 0.2) is 0 Å². The predicted molar refractivity (Wildman–Crippen MR) is 71.3 cm³/mol. The third-order valence-corrected chi connectivity index (χ3v) is 3.08. The number of hydrogen-bond acceptors (Lipinski definition) is 2. The molecular formula is C14H22N2. The lowest BCUT2D eigenvalue weighted by Gasteiger charge is -2.16. The minimum Gasteiger partial charge on any atom is -0.303 e. The Labute approximate surface area is 99.0 Å². The lowest BCUT2D eigenvalue weighted by Crippen LogP contribution is -2.11. The van der Waals surface area contributed by atoms with Crippen LogP contribution in [0.3, 0.4) is 0 Å². The Morgan fingerprint density at radius 1 is 1.00 bits per heavy atom. The molecule has 0 aliphatic carbocycles. The molecule has 0 amide bonds. The van der Waals surface area contributed by atoms with Gasteiger partial charge in [0.2, 0.25) is 0 Å². The van der Waals surface area contributed by atoms with Crippen molar-refractivity contribution in [1.82, 2.24) is 5.01 Å². The summed E-state index contributed by atoms with van der Waals surface area (Å²) in [6.07, 6.45) is 0. The lowest BCUT2D eigenvalue weighted by atomic mass is 9.92. The molecule has 0 saturated carbocycles. The van der Waals surface area contributed by atoms with Gasteiger partial charge in [0, 0.05) is 19.7 Å². The van der Waals surface area contributed by atoms with Gasteiger partial charge in [0.05, 0.1) is 5.71 Å². The molecule has 0 N–H and O–H groups in total. The summed E-state index contributed by atoms with van der Waals surface area (Å²) in [7, 11) is 3.91. The van der Waals surface area contributed by atoms with Crippen LogP contribution in [0.25, 0.3) is 0 Å². The Morgan fingerprint density at radius 3 is 1.81 bits per heavy atom. The molecule has 1 rings (SSSR count). The molecule has 0 aliphatic rings. The highest BCUT2D eigenvalue weighted by Crippen LogP contribution is 2.22. The standard InChI is InChI=1S/C14H22N2/c1-9-8-10(2)12(4)14(11(9)3)13(5)15-16(6)7/h8H,1-7H3/b15-13+. The third-order valence-electron chi connectivity index (χ3n) is 3.08. The molecule has 16 heavy (non-hydrogen) atoms. The van der Waals surface area contributed by atoms with Gasteiger partial charge < -0.3 is 5.01 Å². The van der Waals surface area contributed by atoms with Crippen LogP contribution >= 0.6 is 0 Å². The Kier molecular flexibility index (Phi) is 3.74. The van der Waals surface area contributed by atoms with Crippen molar-refractivity contribution < 1.29 is 0 Å². The van der Waals surface area contributed by atoms with E-state index in [0.29, 0.717) is 0 Å². The number of hydrogen-bond donors (Lipinski definition) is 0. The van der Waals surface area contributed by atoms with Gasteiger partial charge in [0.1, 0.15) is 0 Å². The smallest absolute Gasteiger partial charge is 0.0651 e. The van der Waals surface area contributed by atoms with E-state index >= 15 is 0 Å². The number of rotatable bonds is 2. The van der Waals surface area contributed by atoms with Crippen molar-refractivity contribution in [1.29, 1.82) is 0 Å². The van der Waals surface area contributed by atoms with Crippen LogP contribution in [0.5, 0.6) is 0 Å². The zero-order valence-electron chi connectivity index (χ0n) is 11.5. The predicted octanol–water partition coefficient (Wildman–Crippen LogP) is 3.21. The molecule has 88 valence electrons. The molecule has 0 heterocycles. The maximum Gasteiger partial charge on any atom is 0.0651 e. The molecular weight excluding hydrogens is 196 g/mol. The van der Waals surface area contributed by atoms with Gasteiger partial charge in [-0.05, 0) is 56.9 Å². The van der Waals surface area contributed by atoms with E-state index in [1.165, 1.54) is 27.8 Å². The van der Waals surface area contributed by atoms with Crippen LogP contribution in [-0.4, -0.2) is 24.8 Å². The van der Waals surface area contributed by atoms with Gasteiger partial charge in [0.25, 0.3) is 0 Å². The fourth-order valence-electron chi connectivity index (χ4n) is 2.11. The van der Waals surface area contributed by atoms with E-state index in [-0.39, 0.29) is 0 Å². The second kappa shape index (κ2) is 4.69. The van der Waals surface area contributed by atoms with Crippen LogP contribution in [-0.2, 0) is 0 Å². The van der Waals surface area contributed by atoms with Crippen molar-refractivity contribution in [3.05, 3.63) is 33.9 Å². The minimum absolute atomic E-state index is 1.09. The Morgan fingerprint density at radius 2 is 1.44 bits per heavy atom. The first kappa shape index (κ1) is 12.8. The molecule has 0 bridgehead atoms. The summed E-state index contributed by atoms with van der Waals surface area (Å²) in [4.78, 5) is 0. The van der Waals surface area contributed by atoms with Crippen LogP contribution in [0.1, 0.15) is 34.7 Å². The monoisotopic (exact) mass is 218 g/mol. The summed E-state index contributed by atoms with van der Waals surface area (Å²) >= 11 is 0. The van der Waals surface area contributed by atoms with Gasteiger partial charge in [-0.1, -0.05) is 6.07 Å². The molecule has 0 saturated heterocycles. The van der Waals surface area contributed by atoms with Crippen LogP contribution in [0.4, 0.5) is 0 Å². The maximum absolute atomic E-state index is 4.50. The summed E-state index contributed by atoms with van der Waals surface area (Å²) in [5, 5.41) is 6.35. The van der Waals surface area contributed by atoms with E-state index in [0.717, 1.165) is 5.71 Å². The van der Waals surface area contributed by atoms with Crippen molar-refractivity contribution in [3.63, 3.8) is 0 Å². The number of hydrazone groups is 1. The summed E-state index contributed by atoms with van der Waals surface area (Å²) in [6.45, 7) is 10.7. The first-order valence-corrected chi connectivity index (χ1v) is 5.65. The van der Waals surface area contributed by atoms with Crippen molar-refractivity contribution in [2.45, 2.75) is 34.6 Å². The average molecular weight is 218 g/mol. The second-order valence-electron chi connectivity index (χ2n) is 4.67. The van der Waals surface area contributed by atoms with E-state index in [1.807, 2.05) is 19.1 Å². The molecule has 1 aromatic rings. The van der Waals surface area contributed by atoms with Gasteiger partial charge >= 0.3 is 0 Å². The summed E-state index contributed by atoms with van der Waals surface area (Å²) in [6, 6.07) is 2.25. The molecule has 0 aromatic heterocycles. The number of benzene rings is 1. The van der Waals surface area contributed by atoms with Crippen LogP contribution in [0.2, 0.25) is 0 Å². The Bertz CT molecular complexity index is 403.